The lowest BCUT2D eigenvalue weighted by Crippen LogP contribution is -2.04. The van der Waals surface area contributed by atoms with Crippen molar-refractivity contribution < 1.29 is 18.3 Å². The van der Waals surface area contributed by atoms with Crippen molar-refractivity contribution in [1.29, 1.82) is 0 Å². The van der Waals surface area contributed by atoms with Gasteiger partial charge in [0.1, 0.15) is 5.75 Å². The molecule has 1 N–H and O–H groups in total. The van der Waals surface area contributed by atoms with Crippen LogP contribution in [0.5, 0.6) is 5.75 Å². The molecule has 1 aromatic carbocycles. The minimum absolute atomic E-state index is 0.294. The van der Waals surface area contributed by atoms with Crippen molar-refractivity contribution in [2.45, 2.75) is 19.5 Å². The molecule has 0 atom stereocenters. The first-order chi connectivity index (χ1) is 5.95. The standard InChI is InChI=1S/C9H9F3O/c1-2-6-3-4-7(5-8(6)13)9(10,11)12/h3-5,13H,2H2,1H3. The first-order valence-corrected chi connectivity index (χ1v) is 3.84. The van der Waals surface area contributed by atoms with Gasteiger partial charge in [0.25, 0.3) is 0 Å². The molecule has 0 fully saturated rings. The van der Waals surface area contributed by atoms with Crippen LogP contribution in [0.1, 0.15) is 18.1 Å². The fraction of sp³-hybridized carbons (Fsp3) is 0.333. The summed E-state index contributed by atoms with van der Waals surface area (Å²) in [5.74, 6) is -0.294. The van der Waals surface area contributed by atoms with E-state index in [2.05, 4.69) is 0 Å². The monoisotopic (exact) mass is 190 g/mol. The topological polar surface area (TPSA) is 20.2 Å². The van der Waals surface area contributed by atoms with Gasteiger partial charge in [-0.1, -0.05) is 13.0 Å². The number of hydrogen-bond donors (Lipinski definition) is 1. The summed E-state index contributed by atoms with van der Waals surface area (Å²) in [6, 6.07) is 3.01. The maximum absolute atomic E-state index is 12.1. The van der Waals surface area contributed by atoms with Crippen molar-refractivity contribution in [3.8, 4) is 5.75 Å². The van der Waals surface area contributed by atoms with Crippen molar-refractivity contribution in [3.05, 3.63) is 29.3 Å². The fourth-order valence-corrected chi connectivity index (χ4v) is 1.04. The lowest BCUT2D eigenvalue weighted by Gasteiger charge is -2.08. The van der Waals surface area contributed by atoms with Gasteiger partial charge in [-0.2, -0.15) is 13.2 Å². The van der Waals surface area contributed by atoms with Gasteiger partial charge in [0, 0.05) is 0 Å². The summed E-state index contributed by atoms with van der Waals surface area (Å²) in [5.41, 5.74) is -0.296. The summed E-state index contributed by atoms with van der Waals surface area (Å²) < 4.78 is 36.3. The molecule has 0 amide bonds. The number of phenols is 1. The van der Waals surface area contributed by atoms with Crippen molar-refractivity contribution in [2.75, 3.05) is 0 Å². The van der Waals surface area contributed by atoms with Crippen molar-refractivity contribution in [1.82, 2.24) is 0 Å². The molecule has 0 unspecified atom stereocenters. The van der Waals surface area contributed by atoms with Crippen LogP contribution in [0.15, 0.2) is 18.2 Å². The molecular weight excluding hydrogens is 181 g/mol. The third-order valence-corrected chi connectivity index (χ3v) is 1.79. The molecule has 1 aromatic rings. The van der Waals surface area contributed by atoms with Crippen molar-refractivity contribution in [2.24, 2.45) is 0 Å². The quantitative estimate of drug-likeness (QED) is 0.721. The molecule has 4 heteroatoms. The maximum Gasteiger partial charge on any atom is 0.416 e. The Morgan fingerprint density at radius 1 is 1.31 bits per heavy atom. The minimum Gasteiger partial charge on any atom is -0.508 e. The SMILES string of the molecule is CCc1ccc(C(F)(F)F)cc1O. The first-order valence-electron chi connectivity index (χ1n) is 3.84. The summed E-state index contributed by atoms with van der Waals surface area (Å²) in [6.45, 7) is 1.77. The van der Waals surface area contributed by atoms with Gasteiger partial charge >= 0.3 is 6.18 Å². The largest absolute Gasteiger partial charge is 0.508 e. The first kappa shape index (κ1) is 9.89. The van der Waals surface area contributed by atoms with E-state index < -0.39 is 11.7 Å². The molecule has 0 saturated heterocycles. The van der Waals surface area contributed by atoms with Crippen LogP contribution in [-0.2, 0) is 12.6 Å². The summed E-state index contributed by atoms with van der Waals surface area (Å²) in [7, 11) is 0. The average molecular weight is 190 g/mol. The summed E-state index contributed by atoms with van der Waals surface area (Å²) in [4.78, 5) is 0. The third kappa shape index (κ3) is 2.14. The fourth-order valence-electron chi connectivity index (χ4n) is 1.04. The van der Waals surface area contributed by atoms with E-state index in [1.165, 1.54) is 6.07 Å². The Morgan fingerprint density at radius 3 is 2.31 bits per heavy atom. The van der Waals surface area contributed by atoms with Crippen LogP contribution < -0.4 is 0 Å². The second-order valence-corrected chi connectivity index (χ2v) is 2.69. The Kier molecular flexibility index (Phi) is 2.50. The number of rotatable bonds is 1. The summed E-state index contributed by atoms with van der Waals surface area (Å²) >= 11 is 0. The molecule has 1 rings (SSSR count). The van der Waals surface area contributed by atoms with E-state index in [0.717, 1.165) is 12.1 Å². The predicted molar refractivity (Wildman–Crippen MR) is 42.5 cm³/mol. The second-order valence-electron chi connectivity index (χ2n) is 2.69. The number of benzene rings is 1. The van der Waals surface area contributed by atoms with Crippen LogP contribution in [0.4, 0.5) is 13.2 Å². The van der Waals surface area contributed by atoms with E-state index in [4.69, 9.17) is 5.11 Å². The maximum atomic E-state index is 12.1. The molecule has 0 heterocycles. The van der Waals surface area contributed by atoms with Crippen LogP contribution >= 0.6 is 0 Å². The van der Waals surface area contributed by atoms with Gasteiger partial charge in [-0.05, 0) is 24.1 Å². The molecule has 0 radical (unpaired) electrons. The summed E-state index contributed by atoms with van der Waals surface area (Å²) in [5, 5.41) is 9.15. The van der Waals surface area contributed by atoms with E-state index in [-0.39, 0.29) is 5.75 Å². The van der Waals surface area contributed by atoms with Crippen LogP contribution in [0.25, 0.3) is 0 Å². The number of aryl methyl sites for hydroxylation is 1. The van der Waals surface area contributed by atoms with Gasteiger partial charge in [0.15, 0.2) is 0 Å². The van der Waals surface area contributed by atoms with Gasteiger partial charge in [0.05, 0.1) is 5.56 Å². The highest BCUT2D eigenvalue weighted by Crippen LogP contribution is 2.32. The number of halogens is 3. The molecule has 0 aliphatic carbocycles. The summed E-state index contributed by atoms with van der Waals surface area (Å²) in [6.07, 6.45) is -3.87. The second kappa shape index (κ2) is 3.28. The van der Waals surface area contributed by atoms with Crippen LogP contribution in [0.2, 0.25) is 0 Å². The Labute approximate surface area is 73.8 Å². The van der Waals surface area contributed by atoms with Crippen LogP contribution in [-0.4, -0.2) is 5.11 Å². The average Bonchev–Trinajstić information content (AvgIpc) is 2.02. The van der Waals surface area contributed by atoms with E-state index in [1.807, 2.05) is 0 Å². The highest BCUT2D eigenvalue weighted by Gasteiger charge is 2.30. The van der Waals surface area contributed by atoms with Gasteiger partial charge in [-0.15, -0.1) is 0 Å². The smallest absolute Gasteiger partial charge is 0.416 e. The van der Waals surface area contributed by atoms with Crippen LogP contribution in [0.3, 0.4) is 0 Å². The Hall–Kier alpha value is -1.19. The number of phenolic OH excluding ortho intramolecular Hbond substituents is 1. The highest BCUT2D eigenvalue weighted by molar-refractivity contribution is 5.37. The van der Waals surface area contributed by atoms with Gasteiger partial charge < -0.3 is 5.11 Å². The number of alkyl halides is 3. The van der Waals surface area contributed by atoms with E-state index in [9.17, 15) is 13.2 Å². The van der Waals surface area contributed by atoms with E-state index in [1.54, 1.807) is 6.92 Å². The van der Waals surface area contributed by atoms with E-state index >= 15 is 0 Å². The van der Waals surface area contributed by atoms with Crippen molar-refractivity contribution in [3.63, 3.8) is 0 Å². The Balaban J connectivity index is 3.10. The zero-order valence-electron chi connectivity index (χ0n) is 7.02. The van der Waals surface area contributed by atoms with E-state index in [0.29, 0.717) is 12.0 Å². The molecule has 0 aliphatic rings. The third-order valence-electron chi connectivity index (χ3n) is 1.79. The molecule has 72 valence electrons. The molecular formula is C9H9F3O. The number of hydrogen-bond acceptors (Lipinski definition) is 1. The van der Waals surface area contributed by atoms with Gasteiger partial charge in [-0.25, -0.2) is 0 Å². The zero-order chi connectivity index (χ0) is 10.1. The normalized spacial score (nSPS) is 11.7. The highest BCUT2D eigenvalue weighted by atomic mass is 19.4. The molecule has 0 bridgehead atoms. The van der Waals surface area contributed by atoms with Crippen LogP contribution in [0, 0.1) is 0 Å². The molecule has 0 aromatic heterocycles. The molecule has 1 nitrogen and oxygen atoms in total. The molecule has 0 aliphatic heterocycles. The molecule has 0 spiro atoms. The zero-order valence-corrected chi connectivity index (χ0v) is 7.02. The lowest BCUT2D eigenvalue weighted by atomic mass is 10.1. The Bertz CT molecular complexity index is 304. The lowest BCUT2D eigenvalue weighted by molar-refractivity contribution is -0.137. The molecule has 0 saturated carbocycles. The van der Waals surface area contributed by atoms with Gasteiger partial charge in [0.2, 0.25) is 0 Å². The molecule has 13 heavy (non-hydrogen) atoms. The number of aromatic hydroxyl groups is 1. The van der Waals surface area contributed by atoms with Crippen molar-refractivity contribution >= 4 is 0 Å². The predicted octanol–water partition coefficient (Wildman–Crippen LogP) is 2.97. The Morgan fingerprint density at radius 2 is 1.92 bits per heavy atom. The van der Waals surface area contributed by atoms with Gasteiger partial charge in [-0.3, -0.25) is 0 Å². The minimum atomic E-state index is -4.39.